The largest absolute Gasteiger partial charge is 0.368 e. The highest BCUT2D eigenvalue weighted by molar-refractivity contribution is 9.10. The molecule has 1 rings (SSSR count). The van der Waals surface area contributed by atoms with Crippen LogP contribution in [0.2, 0.25) is 0 Å². The Morgan fingerprint density at radius 2 is 1.75 bits per heavy atom. The van der Waals surface area contributed by atoms with Gasteiger partial charge in [-0.25, -0.2) is 0 Å². The van der Waals surface area contributed by atoms with Gasteiger partial charge in [0.1, 0.15) is 0 Å². The highest BCUT2D eigenvalue weighted by Gasteiger charge is 2.18. The van der Waals surface area contributed by atoms with Gasteiger partial charge in [-0.05, 0) is 43.4 Å². The molecule has 2 nitrogen and oxygen atoms in total. The maximum absolute atomic E-state index is 5.99. The van der Waals surface area contributed by atoms with Crippen molar-refractivity contribution in [2.75, 3.05) is 11.4 Å². The summed E-state index contributed by atoms with van der Waals surface area (Å²) >= 11 is 3.67. The van der Waals surface area contributed by atoms with Crippen molar-refractivity contribution in [1.29, 1.82) is 0 Å². The van der Waals surface area contributed by atoms with Gasteiger partial charge >= 0.3 is 0 Å². The van der Waals surface area contributed by atoms with Crippen LogP contribution < -0.4 is 10.6 Å². The first kappa shape index (κ1) is 17.5. The molecule has 1 aromatic carbocycles. The predicted octanol–water partition coefficient (Wildman–Crippen LogP) is 5.12. The molecule has 2 N–H and O–H groups in total. The Bertz CT molecular complexity index is 411. The van der Waals surface area contributed by atoms with Gasteiger partial charge in [-0.15, -0.1) is 0 Å². The fourth-order valence-corrected chi connectivity index (χ4v) is 3.38. The number of rotatable bonds is 7. The molecule has 114 valence electrons. The minimum atomic E-state index is 0.0603. The Morgan fingerprint density at radius 3 is 2.15 bits per heavy atom. The third-order valence-corrected chi connectivity index (χ3v) is 4.44. The molecular weight excluding hydrogens is 312 g/mol. The number of nitrogens with zero attached hydrogens (tertiary/aromatic N) is 1. The first-order valence-electron chi connectivity index (χ1n) is 7.72. The van der Waals surface area contributed by atoms with Crippen molar-refractivity contribution in [3.05, 3.63) is 28.2 Å². The molecule has 0 heterocycles. The van der Waals surface area contributed by atoms with Crippen LogP contribution in [-0.4, -0.2) is 12.6 Å². The molecule has 0 aliphatic rings. The van der Waals surface area contributed by atoms with E-state index in [9.17, 15) is 0 Å². The lowest BCUT2D eigenvalue weighted by atomic mass is 10.0. The SMILES string of the molecule is CCC(CC)N(CC(C)C)c1ccc(C(C)N)c(Br)c1. The number of nitrogens with two attached hydrogens (primary N) is 1. The third-order valence-electron chi connectivity index (χ3n) is 3.75. The van der Waals surface area contributed by atoms with Gasteiger partial charge in [0.15, 0.2) is 0 Å². The lowest BCUT2D eigenvalue weighted by Gasteiger charge is -2.34. The zero-order chi connectivity index (χ0) is 15.3. The molecule has 0 aromatic heterocycles. The average Bonchev–Trinajstić information content (AvgIpc) is 2.37. The number of hydrogen-bond acceptors (Lipinski definition) is 2. The number of benzene rings is 1. The highest BCUT2D eigenvalue weighted by Crippen LogP contribution is 2.30. The van der Waals surface area contributed by atoms with E-state index < -0.39 is 0 Å². The summed E-state index contributed by atoms with van der Waals surface area (Å²) in [5.41, 5.74) is 8.45. The van der Waals surface area contributed by atoms with Gasteiger partial charge in [0.25, 0.3) is 0 Å². The van der Waals surface area contributed by atoms with Gasteiger partial charge < -0.3 is 10.6 Å². The van der Waals surface area contributed by atoms with Gasteiger partial charge in [0, 0.05) is 28.8 Å². The second-order valence-electron chi connectivity index (χ2n) is 6.01. The van der Waals surface area contributed by atoms with Crippen molar-refractivity contribution in [3.63, 3.8) is 0 Å². The second kappa shape index (κ2) is 8.04. The van der Waals surface area contributed by atoms with Crippen LogP contribution in [-0.2, 0) is 0 Å². The Labute approximate surface area is 132 Å². The Kier molecular flexibility index (Phi) is 7.04. The van der Waals surface area contributed by atoms with E-state index in [-0.39, 0.29) is 6.04 Å². The fourth-order valence-electron chi connectivity index (χ4n) is 2.65. The summed E-state index contributed by atoms with van der Waals surface area (Å²) in [4.78, 5) is 2.54. The van der Waals surface area contributed by atoms with Crippen molar-refractivity contribution in [2.24, 2.45) is 11.7 Å². The third kappa shape index (κ3) is 4.49. The lowest BCUT2D eigenvalue weighted by Crippen LogP contribution is -2.37. The predicted molar refractivity (Wildman–Crippen MR) is 93.3 cm³/mol. The second-order valence-corrected chi connectivity index (χ2v) is 6.87. The number of hydrogen-bond donors (Lipinski definition) is 1. The van der Waals surface area contributed by atoms with E-state index in [0.717, 1.165) is 11.0 Å². The number of halogens is 1. The number of anilines is 1. The minimum Gasteiger partial charge on any atom is -0.368 e. The topological polar surface area (TPSA) is 29.3 Å². The zero-order valence-electron chi connectivity index (χ0n) is 13.5. The van der Waals surface area contributed by atoms with Crippen molar-refractivity contribution >= 4 is 21.6 Å². The molecule has 0 saturated carbocycles. The van der Waals surface area contributed by atoms with Gasteiger partial charge in [-0.2, -0.15) is 0 Å². The van der Waals surface area contributed by atoms with E-state index in [0.29, 0.717) is 12.0 Å². The summed E-state index contributed by atoms with van der Waals surface area (Å²) in [6.07, 6.45) is 2.35. The summed E-state index contributed by atoms with van der Waals surface area (Å²) in [7, 11) is 0. The van der Waals surface area contributed by atoms with Crippen molar-refractivity contribution < 1.29 is 0 Å². The first-order valence-corrected chi connectivity index (χ1v) is 8.51. The van der Waals surface area contributed by atoms with Crippen LogP contribution in [0.15, 0.2) is 22.7 Å². The first-order chi connectivity index (χ1) is 9.40. The Hall–Kier alpha value is -0.540. The van der Waals surface area contributed by atoms with E-state index in [1.807, 2.05) is 6.92 Å². The van der Waals surface area contributed by atoms with Crippen LogP contribution in [0.3, 0.4) is 0 Å². The molecule has 0 fully saturated rings. The van der Waals surface area contributed by atoms with Crippen LogP contribution in [0.4, 0.5) is 5.69 Å². The van der Waals surface area contributed by atoms with Crippen LogP contribution in [0.1, 0.15) is 59.1 Å². The van der Waals surface area contributed by atoms with E-state index in [1.165, 1.54) is 24.1 Å². The molecule has 1 aromatic rings. The van der Waals surface area contributed by atoms with Crippen molar-refractivity contribution in [1.82, 2.24) is 0 Å². The zero-order valence-corrected chi connectivity index (χ0v) is 15.1. The molecule has 0 spiro atoms. The van der Waals surface area contributed by atoms with E-state index in [2.05, 4.69) is 66.7 Å². The van der Waals surface area contributed by atoms with Crippen LogP contribution in [0.25, 0.3) is 0 Å². The van der Waals surface area contributed by atoms with E-state index in [1.54, 1.807) is 0 Å². The quantitative estimate of drug-likeness (QED) is 0.746. The van der Waals surface area contributed by atoms with Crippen molar-refractivity contribution in [2.45, 2.75) is 59.5 Å². The molecule has 20 heavy (non-hydrogen) atoms. The fraction of sp³-hybridized carbons (Fsp3) is 0.647. The average molecular weight is 341 g/mol. The summed E-state index contributed by atoms with van der Waals surface area (Å²) in [6.45, 7) is 12.2. The van der Waals surface area contributed by atoms with Gasteiger partial charge in [0.05, 0.1) is 0 Å². The molecule has 0 amide bonds. The molecule has 3 heteroatoms. The molecule has 0 bridgehead atoms. The highest BCUT2D eigenvalue weighted by atomic mass is 79.9. The van der Waals surface area contributed by atoms with Gasteiger partial charge in [-0.1, -0.05) is 49.7 Å². The molecule has 0 radical (unpaired) electrons. The Morgan fingerprint density at radius 1 is 1.15 bits per heavy atom. The molecule has 1 atom stereocenters. The summed E-state index contributed by atoms with van der Waals surface area (Å²) < 4.78 is 1.12. The maximum atomic E-state index is 5.99. The summed E-state index contributed by atoms with van der Waals surface area (Å²) in [5, 5.41) is 0. The van der Waals surface area contributed by atoms with Crippen LogP contribution in [0.5, 0.6) is 0 Å². The monoisotopic (exact) mass is 340 g/mol. The van der Waals surface area contributed by atoms with Gasteiger partial charge in [0.2, 0.25) is 0 Å². The molecule has 1 unspecified atom stereocenters. The van der Waals surface area contributed by atoms with E-state index in [4.69, 9.17) is 5.73 Å². The van der Waals surface area contributed by atoms with Gasteiger partial charge in [-0.3, -0.25) is 0 Å². The minimum absolute atomic E-state index is 0.0603. The van der Waals surface area contributed by atoms with E-state index >= 15 is 0 Å². The molecule has 0 aliphatic heterocycles. The maximum Gasteiger partial charge on any atom is 0.0380 e. The van der Waals surface area contributed by atoms with Crippen LogP contribution in [0, 0.1) is 5.92 Å². The normalized spacial score (nSPS) is 13.1. The van der Waals surface area contributed by atoms with Crippen molar-refractivity contribution in [3.8, 4) is 0 Å². The Balaban J connectivity index is 3.10. The van der Waals surface area contributed by atoms with Crippen LogP contribution >= 0.6 is 15.9 Å². The lowest BCUT2D eigenvalue weighted by molar-refractivity contribution is 0.507. The molecule has 0 saturated heterocycles. The smallest absolute Gasteiger partial charge is 0.0380 e. The molecule has 0 aliphatic carbocycles. The molecular formula is C17H29BrN2. The summed E-state index contributed by atoms with van der Waals surface area (Å²) in [5.74, 6) is 0.655. The standard InChI is InChI=1S/C17H29BrN2/c1-6-14(7-2)20(11-12(3)4)15-8-9-16(13(5)19)17(18)10-15/h8-10,12-14H,6-7,11,19H2,1-5H3. The summed E-state index contributed by atoms with van der Waals surface area (Å²) in [6, 6.07) is 7.25.